The predicted molar refractivity (Wildman–Crippen MR) is 66.4 cm³/mol. The molecule has 84 valence electrons. The van der Waals surface area contributed by atoms with E-state index in [9.17, 15) is 4.79 Å². The van der Waals surface area contributed by atoms with Crippen LogP contribution in [0.5, 0.6) is 0 Å². The lowest BCUT2D eigenvalue weighted by molar-refractivity contribution is 0.752. The Balaban J connectivity index is 2.30. The minimum absolute atomic E-state index is 0.0991. The monoisotopic (exact) mass is 254 g/mol. The number of thiazole rings is 1. The molecule has 0 N–H and O–H groups in total. The molecule has 0 unspecified atom stereocenters. The van der Waals surface area contributed by atoms with Crippen LogP contribution in [0.1, 0.15) is 15.6 Å². The number of hydrogen-bond donors (Lipinski definition) is 0. The summed E-state index contributed by atoms with van der Waals surface area (Å²) in [7, 11) is 0. The first-order chi connectivity index (χ1) is 7.56. The maximum Gasteiger partial charge on any atom is 0.252 e. The quantitative estimate of drug-likeness (QED) is 0.826. The summed E-state index contributed by atoms with van der Waals surface area (Å²) in [5.41, 5.74) is 0.931. The Morgan fingerprint density at radius 1 is 1.50 bits per heavy atom. The summed E-state index contributed by atoms with van der Waals surface area (Å²) >= 11 is 7.34. The third-order valence-corrected chi connectivity index (χ3v) is 3.63. The van der Waals surface area contributed by atoms with Gasteiger partial charge in [0, 0.05) is 22.2 Å². The Morgan fingerprint density at radius 3 is 2.81 bits per heavy atom. The van der Waals surface area contributed by atoms with Gasteiger partial charge in [-0.1, -0.05) is 11.6 Å². The van der Waals surface area contributed by atoms with Crippen molar-refractivity contribution >= 4 is 22.9 Å². The molecular formula is C11H11ClN2OS. The number of halogens is 1. The summed E-state index contributed by atoms with van der Waals surface area (Å²) in [5, 5.41) is 1.41. The summed E-state index contributed by atoms with van der Waals surface area (Å²) in [6.45, 7) is 4.51. The van der Waals surface area contributed by atoms with Gasteiger partial charge in [0.05, 0.1) is 12.2 Å². The van der Waals surface area contributed by atoms with E-state index in [1.165, 1.54) is 10.9 Å². The van der Waals surface area contributed by atoms with Gasteiger partial charge in [0.1, 0.15) is 5.01 Å². The van der Waals surface area contributed by atoms with Crippen molar-refractivity contribution in [2.24, 2.45) is 0 Å². The van der Waals surface area contributed by atoms with Crippen molar-refractivity contribution in [3.05, 3.63) is 49.3 Å². The molecule has 2 aromatic rings. The molecule has 0 aliphatic rings. The van der Waals surface area contributed by atoms with Crippen LogP contribution in [0.15, 0.2) is 23.1 Å². The van der Waals surface area contributed by atoms with Gasteiger partial charge in [-0.25, -0.2) is 4.98 Å². The van der Waals surface area contributed by atoms with Crippen molar-refractivity contribution in [3.63, 3.8) is 0 Å². The van der Waals surface area contributed by atoms with E-state index in [1.54, 1.807) is 28.2 Å². The molecule has 0 bridgehead atoms. The first-order valence-electron chi connectivity index (χ1n) is 4.85. The Morgan fingerprint density at radius 2 is 2.25 bits per heavy atom. The van der Waals surface area contributed by atoms with Crippen molar-refractivity contribution in [1.82, 2.24) is 9.55 Å². The number of rotatable bonds is 2. The van der Waals surface area contributed by atoms with Crippen molar-refractivity contribution in [2.75, 3.05) is 0 Å². The Kier molecular flexibility index (Phi) is 3.12. The zero-order valence-corrected chi connectivity index (χ0v) is 10.6. The van der Waals surface area contributed by atoms with Crippen LogP contribution in [0.4, 0.5) is 0 Å². The lowest BCUT2D eigenvalue weighted by Gasteiger charge is -2.01. The molecular weight excluding hydrogens is 244 g/mol. The van der Waals surface area contributed by atoms with Crippen molar-refractivity contribution in [1.29, 1.82) is 0 Å². The highest BCUT2D eigenvalue weighted by Gasteiger charge is 2.05. The molecule has 0 radical (unpaired) electrons. The first-order valence-corrected chi connectivity index (χ1v) is 6.04. The molecule has 0 amide bonds. The molecule has 3 nitrogen and oxygen atoms in total. The fourth-order valence-corrected chi connectivity index (χ4v) is 2.45. The van der Waals surface area contributed by atoms with Gasteiger partial charge >= 0.3 is 0 Å². The van der Waals surface area contributed by atoms with Gasteiger partial charge in [-0.2, -0.15) is 0 Å². The van der Waals surface area contributed by atoms with Crippen LogP contribution in [0, 0.1) is 13.8 Å². The fraction of sp³-hybridized carbons (Fsp3) is 0.273. The van der Waals surface area contributed by atoms with Crippen LogP contribution in [-0.4, -0.2) is 9.55 Å². The average molecular weight is 255 g/mol. The summed E-state index contributed by atoms with van der Waals surface area (Å²) in [6.07, 6.45) is 1.69. The van der Waals surface area contributed by atoms with Gasteiger partial charge in [0.15, 0.2) is 0 Å². The predicted octanol–water partition coefficient (Wildman–Crippen LogP) is 2.62. The smallest absolute Gasteiger partial charge is 0.252 e. The van der Waals surface area contributed by atoms with Crippen LogP contribution in [0.2, 0.25) is 5.02 Å². The summed E-state index contributed by atoms with van der Waals surface area (Å²) in [6, 6.07) is 3.12. The standard InChI is InChI=1S/C11H11ClN2OS/c1-7-8(2)16-10(13-7)6-14-4-3-9(12)5-11(14)15/h3-5H,6H2,1-2H3. The molecule has 0 saturated heterocycles. The molecule has 0 aliphatic heterocycles. The number of pyridine rings is 1. The topological polar surface area (TPSA) is 34.9 Å². The largest absolute Gasteiger partial charge is 0.309 e. The Bertz CT molecular complexity index is 554. The lowest BCUT2D eigenvalue weighted by Crippen LogP contribution is -2.18. The normalized spacial score (nSPS) is 10.7. The molecule has 2 rings (SSSR count). The first kappa shape index (κ1) is 11.4. The van der Waals surface area contributed by atoms with Gasteiger partial charge in [-0.3, -0.25) is 4.79 Å². The summed E-state index contributed by atoms with van der Waals surface area (Å²) < 4.78 is 1.60. The van der Waals surface area contributed by atoms with Gasteiger partial charge in [0.2, 0.25) is 0 Å². The van der Waals surface area contributed by atoms with Gasteiger partial charge in [0.25, 0.3) is 5.56 Å². The van der Waals surface area contributed by atoms with Gasteiger partial charge < -0.3 is 4.57 Å². The molecule has 0 fully saturated rings. The molecule has 0 spiro atoms. The van der Waals surface area contributed by atoms with E-state index in [1.807, 2.05) is 13.8 Å². The molecule has 0 aliphatic carbocycles. The lowest BCUT2D eigenvalue weighted by atomic mass is 10.4. The van der Waals surface area contributed by atoms with Crippen molar-refractivity contribution < 1.29 is 0 Å². The maximum absolute atomic E-state index is 11.6. The van der Waals surface area contributed by atoms with Crippen LogP contribution >= 0.6 is 22.9 Å². The van der Waals surface area contributed by atoms with E-state index in [0.29, 0.717) is 11.6 Å². The van der Waals surface area contributed by atoms with E-state index in [-0.39, 0.29) is 5.56 Å². The number of aryl methyl sites for hydroxylation is 2. The Hall–Kier alpha value is -1.13. The highest BCUT2D eigenvalue weighted by Crippen LogP contribution is 2.17. The molecule has 0 aromatic carbocycles. The van der Waals surface area contributed by atoms with E-state index in [2.05, 4.69) is 4.98 Å². The van der Waals surface area contributed by atoms with E-state index >= 15 is 0 Å². The fourth-order valence-electron chi connectivity index (χ4n) is 1.37. The SMILES string of the molecule is Cc1nc(Cn2ccc(Cl)cc2=O)sc1C. The highest BCUT2D eigenvalue weighted by molar-refractivity contribution is 7.11. The van der Waals surface area contributed by atoms with Crippen LogP contribution in [-0.2, 0) is 6.54 Å². The van der Waals surface area contributed by atoms with Crippen LogP contribution in [0.25, 0.3) is 0 Å². The second-order valence-corrected chi connectivity index (χ2v) is 5.28. The van der Waals surface area contributed by atoms with Gasteiger partial charge in [-0.05, 0) is 19.9 Å². The number of hydrogen-bond acceptors (Lipinski definition) is 3. The average Bonchev–Trinajstić information content (AvgIpc) is 2.51. The molecule has 16 heavy (non-hydrogen) atoms. The molecule has 2 aromatic heterocycles. The second kappa shape index (κ2) is 4.39. The third kappa shape index (κ3) is 2.33. The van der Waals surface area contributed by atoms with Crippen LogP contribution < -0.4 is 5.56 Å². The van der Waals surface area contributed by atoms with E-state index in [4.69, 9.17) is 11.6 Å². The van der Waals surface area contributed by atoms with E-state index < -0.39 is 0 Å². The third-order valence-electron chi connectivity index (χ3n) is 2.34. The zero-order valence-electron chi connectivity index (χ0n) is 9.03. The highest BCUT2D eigenvalue weighted by atomic mass is 35.5. The molecule has 0 atom stereocenters. The van der Waals surface area contributed by atoms with Crippen molar-refractivity contribution in [2.45, 2.75) is 20.4 Å². The molecule has 5 heteroatoms. The van der Waals surface area contributed by atoms with Crippen LogP contribution in [0.3, 0.4) is 0 Å². The number of nitrogens with zero attached hydrogens (tertiary/aromatic N) is 2. The zero-order chi connectivity index (χ0) is 11.7. The molecule has 2 heterocycles. The second-order valence-electron chi connectivity index (χ2n) is 3.56. The van der Waals surface area contributed by atoms with E-state index in [0.717, 1.165) is 10.7 Å². The van der Waals surface area contributed by atoms with Crippen molar-refractivity contribution in [3.8, 4) is 0 Å². The summed E-state index contributed by atoms with van der Waals surface area (Å²) in [4.78, 5) is 17.2. The summed E-state index contributed by atoms with van der Waals surface area (Å²) in [5.74, 6) is 0. The maximum atomic E-state index is 11.6. The minimum Gasteiger partial charge on any atom is -0.309 e. The Labute approximate surface area is 102 Å². The molecule has 0 saturated carbocycles. The number of aromatic nitrogens is 2. The van der Waals surface area contributed by atoms with Gasteiger partial charge in [-0.15, -0.1) is 11.3 Å². The minimum atomic E-state index is -0.0991.